The van der Waals surface area contributed by atoms with Crippen LogP contribution in [0.1, 0.15) is 33.6 Å². The number of piperidine rings is 1. The van der Waals surface area contributed by atoms with Crippen LogP contribution in [0.4, 0.5) is 5.69 Å². The summed E-state index contributed by atoms with van der Waals surface area (Å²) in [6.07, 6.45) is 1.49. The predicted octanol–water partition coefficient (Wildman–Crippen LogP) is 2.65. The predicted molar refractivity (Wildman–Crippen MR) is 91.4 cm³/mol. The van der Waals surface area contributed by atoms with Gasteiger partial charge in [-0.05, 0) is 36.3 Å². The highest BCUT2D eigenvalue weighted by Crippen LogP contribution is 2.31. The molecule has 1 aliphatic heterocycles. The lowest BCUT2D eigenvalue weighted by Gasteiger charge is -2.40. The molecule has 1 aromatic carbocycles. The molecule has 1 aromatic rings. The molecule has 1 heterocycles. The van der Waals surface area contributed by atoms with Gasteiger partial charge < -0.3 is 20.5 Å². The first kappa shape index (κ1) is 17.1. The van der Waals surface area contributed by atoms with Crippen molar-refractivity contribution < 1.29 is 9.84 Å². The number of benzene rings is 1. The number of rotatable bonds is 4. The van der Waals surface area contributed by atoms with E-state index in [-0.39, 0.29) is 17.6 Å². The molecule has 1 fully saturated rings. The summed E-state index contributed by atoms with van der Waals surface area (Å²) in [6, 6.07) is 8.26. The zero-order valence-corrected chi connectivity index (χ0v) is 14.2. The first-order valence-electron chi connectivity index (χ1n) is 8.12. The average Bonchev–Trinajstić information content (AvgIpc) is 2.45. The van der Waals surface area contributed by atoms with E-state index in [2.05, 4.69) is 37.8 Å². The maximum absolute atomic E-state index is 10.4. The van der Waals surface area contributed by atoms with Crippen LogP contribution in [0.15, 0.2) is 24.3 Å². The molecule has 4 heteroatoms. The molecule has 0 aromatic heterocycles. The fourth-order valence-electron chi connectivity index (χ4n) is 3.10. The third-order valence-corrected chi connectivity index (χ3v) is 4.54. The highest BCUT2D eigenvalue weighted by molar-refractivity contribution is 5.51. The van der Waals surface area contributed by atoms with E-state index in [4.69, 9.17) is 10.5 Å². The van der Waals surface area contributed by atoms with Crippen LogP contribution in [0.3, 0.4) is 0 Å². The van der Waals surface area contributed by atoms with Gasteiger partial charge in [0.05, 0.1) is 13.2 Å². The van der Waals surface area contributed by atoms with E-state index in [0.29, 0.717) is 5.92 Å². The quantitative estimate of drug-likeness (QED) is 0.898. The molecule has 1 saturated heterocycles. The van der Waals surface area contributed by atoms with Crippen molar-refractivity contribution >= 4 is 5.69 Å². The van der Waals surface area contributed by atoms with Gasteiger partial charge in [-0.2, -0.15) is 0 Å². The normalized spacial score (nSPS) is 24.2. The molecular formula is C18H30N2O2. The van der Waals surface area contributed by atoms with Crippen LogP contribution in [0.25, 0.3) is 0 Å². The minimum absolute atomic E-state index is 0.0810. The van der Waals surface area contributed by atoms with Gasteiger partial charge >= 0.3 is 0 Å². The molecule has 3 unspecified atom stereocenters. The lowest BCUT2D eigenvalue weighted by molar-refractivity contribution is 0.0381. The second kappa shape index (κ2) is 6.88. The lowest BCUT2D eigenvalue weighted by Crippen LogP contribution is -2.48. The molecule has 22 heavy (non-hydrogen) atoms. The van der Waals surface area contributed by atoms with Crippen LogP contribution in [0, 0.1) is 11.3 Å². The van der Waals surface area contributed by atoms with Gasteiger partial charge in [0.25, 0.3) is 0 Å². The number of nitrogens with zero attached hydrogens (tertiary/aromatic N) is 1. The molecule has 0 aliphatic carbocycles. The summed E-state index contributed by atoms with van der Waals surface area (Å²) in [5, 5.41) is 10.4. The fraction of sp³-hybridized carbons (Fsp3) is 0.667. The number of aliphatic hydroxyl groups excluding tert-OH is 1. The van der Waals surface area contributed by atoms with Crippen LogP contribution in [0.2, 0.25) is 0 Å². The summed E-state index contributed by atoms with van der Waals surface area (Å²) in [5.74, 6) is 1.28. The molecule has 1 aliphatic rings. The van der Waals surface area contributed by atoms with Gasteiger partial charge in [0.2, 0.25) is 0 Å². The standard InChI is InChI=1S/C18H30N2O2/c1-18(2,3)17(21)9-13-8-14(19)12-20(11-13)15-6-5-7-16(10-15)22-4/h5-7,10,13-14,17,21H,8-9,11-12,19H2,1-4H3. The maximum Gasteiger partial charge on any atom is 0.120 e. The summed E-state index contributed by atoms with van der Waals surface area (Å²) in [7, 11) is 1.68. The second-order valence-electron chi connectivity index (χ2n) is 7.59. The smallest absolute Gasteiger partial charge is 0.120 e. The summed E-state index contributed by atoms with van der Waals surface area (Å²) in [6.45, 7) is 8.05. The minimum Gasteiger partial charge on any atom is -0.497 e. The minimum atomic E-state index is -0.296. The van der Waals surface area contributed by atoms with Crippen LogP contribution in [-0.2, 0) is 0 Å². The van der Waals surface area contributed by atoms with E-state index in [1.54, 1.807) is 7.11 Å². The SMILES string of the molecule is COc1cccc(N2CC(N)CC(CC(O)C(C)(C)C)C2)c1. The van der Waals surface area contributed by atoms with Crippen molar-refractivity contribution in [2.45, 2.75) is 45.8 Å². The molecule has 3 atom stereocenters. The van der Waals surface area contributed by atoms with Gasteiger partial charge in [-0.25, -0.2) is 0 Å². The van der Waals surface area contributed by atoms with Crippen LogP contribution < -0.4 is 15.4 Å². The van der Waals surface area contributed by atoms with Crippen LogP contribution >= 0.6 is 0 Å². The molecule has 0 amide bonds. The molecule has 0 saturated carbocycles. The Morgan fingerprint density at radius 1 is 1.36 bits per heavy atom. The molecule has 2 rings (SSSR count). The van der Waals surface area contributed by atoms with E-state index >= 15 is 0 Å². The highest BCUT2D eigenvalue weighted by atomic mass is 16.5. The first-order chi connectivity index (χ1) is 10.3. The Morgan fingerprint density at radius 3 is 2.73 bits per heavy atom. The Bertz CT molecular complexity index is 484. The van der Waals surface area contributed by atoms with Crippen molar-refractivity contribution in [2.24, 2.45) is 17.1 Å². The van der Waals surface area contributed by atoms with Crippen LogP contribution in [0.5, 0.6) is 5.75 Å². The van der Waals surface area contributed by atoms with Gasteiger partial charge in [0, 0.05) is 30.9 Å². The Hall–Kier alpha value is -1.26. The van der Waals surface area contributed by atoms with Crippen LogP contribution in [-0.4, -0.2) is 37.5 Å². The summed E-state index contributed by atoms with van der Waals surface area (Å²) in [4.78, 5) is 2.32. The molecular weight excluding hydrogens is 276 g/mol. The van der Waals surface area contributed by atoms with Crippen molar-refractivity contribution in [1.82, 2.24) is 0 Å². The van der Waals surface area contributed by atoms with E-state index in [1.807, 2.05) is 12.1 Å². The molecule has 124 valence electrons. The number of hydrogen-bond acceptors (Lipinski definition) is 4. The van der Waals surface area contributed by atoms with E-state index in [0.717, 1.165) is 37.4 Å². The van der Waals surface area contributed by atoms with E-state index in [1.165, 1.54) is 0 Å². The third-order valence-electron chi connectivity index (χ3n) is 4.54. The number of hydrogen-bond donors (Lipinski definition) is 2. The van der Waals surface area contributed by atoms with Crippen molar-refractivity contribution in [1.29, 1.82) is 0 Å². The van der Waals surface area contributed by atoms with Crippen molar-refractivity contribution in [3.05, 3.63) is 24.3 Å². The number of anilines is 1. The fourth-order valence-corrected chi connectivity index (χ4v) is 3.10. The molecule has 4 nitrogen and oxygen atoms in total. The van der Waals surface area contributed by atoms with Gasteiger partial charge in [0.1, 0.15) is 5.75 Å². The zero-order valence-electron chi connectivity index (χ0n) is 14.2. The topological polar surface area (TPSA) is 58.7 Å². The van der Waals surface area contributed by atoms with Gasteiger partial charge in [0.15, 0.2) is 0 Å². The number of aliphatic hydroxyl groups is 1. The number of methoxy groups -OCH3 is 1. The molecule has 0 radical (unpaired) electrons. The highest BCUT2D eigenvalue weighted by Gasteiger charge is 2.31. The Kier molecular flexibility index (Phi) is 5.35. The maximum atomic E-state index is 10.4. The molecule has 3 N–H and O–H groups in total. The van der Waals surface area contributed by atoms with Crippen molar-refractivity contribution in [3.8, 4) is 5.75 Å². The Morgan fingerprint density at radius 2 is 2.09 bits per heavy atom. The van der Waals surface area contributed by atoms with Gasteiger partial charge in [-0.15, -0.1) is 0 Å². The summed E-state index contributed by atoms with van der Waals surface area (Å²) < 4.78 is 5.31. The summed E-state index contributed by atoms with van der Waals surface area (Å²) >= 11 is 0. The average molecular weight is 306 g/mol. The first-order valence-corrected chi connectivity index (χ1v) is 8.12. The molecule has 0 spiro atoms. The Balaban J connectivity index is 2.07. The van der Waals surface area contributed by atoms with Crippen molar-refractivity contribution in [3.63, 3.8) is 0 Å². The molecule has 0 bridgehead atoms. The third kappa shape index (κ3) is 4.37. The number of ether oxygens (including phenoxy) is 1. The van der Waals surface area contributed by atoms with Crippen molar-refractivity contribution in [2.75, 3.05) is 25.1 Å². The van der Waals surface area contributed by atoms with Gasteiger partial charge in [-0.3, -0.25) is 0 Å². The summed E-state index contributed by atoms with van der Waals surface area (Å²) in [5.41, 5.74) is 7.32. The lowest BCUT2D eigenvalue weighted by atomic mass is 9.80. The zero-order chi connectivity index (χ0) is 16.3. The van der Waals surface area contributed by atoms with Gasteiger partial charge in [-0.1, -0.05) is 26.8 Å². The number of nitrogens with two attached hydrogens (primary N) is 1. The van der Waals surface area contributed by atoms with E-state index < -0.39 is 0 Å². The largest absolute Gasteiger partial charge is 0.497 e. The monoisotopic (exact) mass is 306 g/mol. The second-order valence-corrected chi connectivity index (χ2v) is 7.59. The van der Waals surface area contributed by atoms with E-state index in [9.17, 15) is 5.11 Å². The Labute approximate surface area is 134 Å².